The van der Waals surface area contributed by atoms with Crippen LogP contribution >= 0.6 is 0 Å². The number of hydrogen-bond donors (Lipinski definition) is 3. The van der Waals surface area contributed by atoms with Crippen LogP contribution in [0.25, 0.3) is 10.9 Å². The van der Waals surface area contributed by atoms with Gasteiger partial charge in [0.2, 0.25) is 5.91 Å². The number of carboxylic acids is 1. The molecule has 0 spiro atoms. The lowest BCUT2D eigenvalue weighted by Gasteiger charge is -2.33. The molecule has 1 aromatic carbocycles. The van der Waals surface area contributed by atoms with Gasteiger partial charge in [0, 0.05) is 32.6 Å². The number of carbonyl (C=O) groups is 2. The number of para-hydroxylation sites is 1. The number of benzene rings is 1. The molecule has 0 atom stereocenters. The van der Waals surface area contributed by atoms with Crippen molar-refractivity contribution >= 4 is 22.8 Å². The van der Waals surface area contributed by atoms with Crippen LogP contribution in [0.4, 0.5) is 0 Å². The van der Waals surface area contributed by atoms with E-state index in [0.717, 1.165) is 0 Å². The van der Waals surface area contributed by atoms with Gasteiger partial charge in [-0.05, 0) is 31.4 Å². The lowest BCUT2D eigenvalue weighted by molar-refractivity contribution is -0.154. The molecule has 144 valence electrons. The van der Waals surface area contributed by atoms with Crippen molar-refractivity contribution in [3.63, 3.8) is 0 Å². The largest absolute Gasteiger partial charge is 0.481 e. The number of H-pyrrole nitrogens is 1. The van der Waals surface area contributed by atoms with Crippen LogP contribution in [-0.4, -0.2) is 46.7 Å². The molecule has 0 unspecified atom stereocenters. The predicted molar refractivity (Wildman–Crippen MR) is 98.4 cm³/mol. The Hall–Kier alpha value is -2.74. The van der Waals surface area contributed by atoms with Crippen molar-refractivity contribution in [1.29, 1.82) is 0 Å². The number of amides is 1. The molecule has 1 aliphatic heterocycles. The third-order valence-electron chi connectivity index (χ3n) is 5.01. The van der Waals surface area contributed by atoms with E-state index in [-0.39, 0.29) is 24.4 Å². The summed E-state index contributed by atoms with van der Waals surface area (Å²) in [4.78, 5) is 42.8. The zero-order valence-corrected chi connectivity index (χ0v) is 15.0. The molecule has 0 aliphatic carbocycles. The molecular weight excluding hydrogens is 350 g/mol. The fourth-order valence-corrected chi connectivity index (χ4v) is 3.25. The SMILES string of the molecule is O=C(CCCc1nc2ccccc2c(=O)[nH]1)NCC1(C(=O)O)CCOCC1. The van der Waals surface area contributed by atoms with E-state index in [4.69, 9.17) is 4.74 Å². The maximum atomic E-state index is 12.1. The van der Waals surface area contributed by atoms with E-state index in [9.17, 15) is 19.5 Å². The molecule has 3 rings (SSSR count). The molecule has 2 aromatic rings. The number of aromatic amines is 1. The van der Waals surface area contributed by atoms with Crippen LogP contribution in [0.15, 0.2) is 29.1 Å². The summed E-state index contributed by atoms with van der Waals surface area (Å²) < 4.78 is 5.22. The smallest absolute Gasteiger partial charge is 0.311 e. The average molecular weight is 373 g/mol. The van der Waals surface area contributed by atoms with Crippen LogP contribution in [0.5, 0.6) is 0 Å². The summed E-state index contributed by atoms with van der Waals surface area (Å²) in [5.41, 5.74) is -0.509. The Kier molecular flexibility index (Phi) is 5.85. The minimum atomic E-state index is -0.945. The van der Waals surface area contributed by atoms with Crippen molar-refractivity contribution < 1.29 is 19.4 Å². The highest BCUT2D eigenvalue weighted by Gasteiger charge is 2.40. The first kappa shape index (κ1) is 19.0. The van der Waals surface area contributed by atoms with Gasteiger partial charge >= 0.3 is 5.97 Å². The Morgan fingerprint density at radius 1 is 1.26 bits per heavy atom. The fourth-order valence-electron chi connectivity index (χ4n) is 3.25. The van der Waals surface area contributed by atoms with Crippen LogP contribution < -0.4 is 10.9 Å². The van der Waals surface area contributed by atoms with E-state index in [1.54, 1.807) is 18.2 Å². The number of nitrogens with one attached hydrogen (secondary N) is 2. The first-order valence-electron chi connectivity index (χ1n) is 9.06. The van der Waals surface area contributed by atoms with Gasteiger partial charge in [-0.25, -0.2) is 4.98 Å². The monoisotopic (exact) mass is 373 g/mol. The van der Waals surface area contributed by atoms with Crippen LogP contribution in [0.3, 0.4) is 0 Å². The molecule has 0 saturated carbocycles. The maximum Gasteiger partial charge on any atom is 0.311 e. The van der Waals surface area contributed by atoms with Gasteiger partial charge in [0.05, 0.1) is 16.3 Å². The molecule has 27 heavy (non-hydrogen) atoms. The number of ether oxygens (including phenoxy) is 1. The highest BCUT2D eigenvalue weighted by molar-refractivity contribution is 5.79. The minimum absolute atomic E-state index is 0.107. The number of aromatic nitrogens is 2. The summed E-state index contributed by atoms with van der Waals surface area (Å²) in [6.07, 6.45) is 2.00. The Bertz CT molecular complexity index is 886. The molecule has 1 amide bonds. The first-order valence-corrected chi connectivity index (χ1v) is 9.06. The molecule has 3 N–H and O–H groups in total. The Labute approximate surface area is 156 Å². The number of nitrogens with zero attached hydrogens (tertiary/aromatic N) is 1. The normalized spacial score (nSPS) is 16.1. The predicted octanol–water partition coefficient (Wildman–Crippen LogP) is 1.24. The Morgan fingerprint density at radius 3 is 2.74 bits per heavy atom. The van der Waals surface area contributed by atoms with E-state index in [1.165, 1.54) is 0 Å². The van der Waals surface area contributed by atoms with Gasteiger partial charge in [0.15, 0.2) is 0 Å². The molecule has 1 fully saturated rings. The molecule has 0 radical (unpaired) electrons. The second-order valence-electron chi connectivity index (χ2n) is 6.86. The Morgan fingerprint density at radius 2 is 2.00 bits per heavy atom. The molecule has 1 aromatic heterocycles. The van der Waals surface area contributed by atoms with E-state index in [0.29, 0.717) is 55.6 Å². The highest BCUT2D eigenvalue weighted by atomic mass is 16.5. The van der Waals surface area contributed by atoms with Gasteiger partial charge < -0.3 is 20.1 Å². The molecule has 0 bridgehead atoms. The van der Waals surface area contributed by atoms with E-state index < -0.39 is 11.4 Å². The maximum absolute atomic E-state index is 12.1. The second-order valence-corrected chi connectivity index (χ2v) is 6.86. The zero-order valence-electron chi connectivity index (χ0n) is 15.0. The average Bonchev–Trinajstić information content (AvgIpc) is 2.67. The Balaban J connectivity index is 1.51. The summed E-state index contributed by atoms with van der Waals surface area (Å²) in [5, 5.41) is 12.8. The van der Waals surface area contributed by atoms with E-state index >= 15 is 0 Å². The summed E-state index contributed by atoms with van der Waals surface area (Å²) in [5.74, 6) is -0.563. The quantitative estimate of drug-likeness (QED) is 0.671. The van der Waals surface area contributed by atoms with Crippen molar-refractivity contribution in [1.82, 2.24) is 15.3 Å². The van der Waals surface area contributed by atoms with Crippen LogP contribution in [0, 0.1) is 5.41 Å². The number of aryl methyl sites for hydroxylation is 1. The second kappa shape index (κ2) is 8.30. The fraction of sp³-hybridized carbons (Fsp3) is 0.474. The first-order chi connectivity index (χ1) is 13.0. The zero-order chi connectivity index (χ0) is 19.3. The molecule has 1 aliphatic rings. The molecule has 1 saturated heterocycles. The molecule has 2 heterocycles. The number of carbonyl (C=O) groups excluding carboxylic acids is 1. The summed E-state index contributed by atoms with van der Waals surface area (Å²) in [6, 6.07) is 7.10. The van der Waals surface area contributed by atoms with Crippen molar-refractivity contribution in [2.75, 3.05) is 19.8 Å². The van der Waals surface area contributed by atoms with Gasteiger partial charge in [0.1, 0.15) is 5.82 Å². The lowest BCUT2D eigenvalue weighted by Crippen LogP contribution is -2.46. The van der Waals surface area contributed by atoms with Gasteiger partial charge in [-0.1, -0.05) is 12.1 Å². The van der Waals surface area contributed by atoms with Crippen molar-refractivity contribution in [3.8, 4) is 0 Å². The van der Waals surface area contributed by atoms with Gasteiger partial charge in [-0.3, -0.25) is 14.4 Å². The standard InChI is InChI=1S/C19H23N3O5/c23-16(20-12-19(18(25)26)8-10-27-11-9-19)7-3-6-15-21-14-5-2-1-4-13(14)17(24)22-15/h1-2,4-5H,3,6-12H2,(H,20,23)(H,25,26)(H,21,22,24). The summed E-state index contributed by atoms with van der Waals surface area (Å²) in [7, 11) is 0. The van der Waals surface area contributed by atoms with Crippen LogP contribution in [0.1, 0.15) is 31.5 Å². The highest BCUT2D eigenvalue weighted by Crippen LogP contribution is 2.30. The number of carboxylic acid groups (broad SMARTS) is 1. The van der Waals surface area contributed by atoms with Crippen LogP contribution in [0.2, 0.25) is 0 Å². The van der Waals surface area contributed by atoms with Gasteiger partial charge in [0.25, 0.3) is 5.56 Å². The number of rotatable bonds is 7. The van der Waals surface area contributed by atoms with Crippen molar-refractivity contribution in [2.45, 2.75) is 32.1 Å². The summed E-state index contributed by atoms with van der Waals surface area (Å²) in [6.45, 7) is 0.891. The number of aliphatic carboxylic acids is 1. The third kappa shape index (κ3) is 4.51. The van der Waals surface area contributed by atoms with Gasteiger partial charge in [-0.2, -0.15) is 0 Å². The van der Waals surface area contributed by atoms with Gasteiger partial charge in [-0.15, -0.1) is 0 Å². The van der Waals surface area contributed by atoms with Crippen LogP contribution in [-0.2, 0) is 20.7 Å². The third-order valence-corrected chi connectivity index (χ3v) is 5.01. The van der Waals surface area contributed by atoms with E-state index in [2.05, 4.69) is 15.3 Å². The molecular formula is C19H23N3O5. The minimum Gasteiger partial charge on any atom is -0.481 e. The topological polar surface area (TPSA) is 121 Å². The lowest BCUT2D eigenvalue weighted by atomic mass is 9.80. The van der Waals surface area contributed by atoms with E-state index in [1.807, 2.05) is 6.07 Å². The molecule has 8 nitrogen and oxygen atoms in total. The molecule has 8 heteroatoms. The van der Waals surface area contributed by atoms with Crippen molar-refractivity contribution in [3.05, 3.63) is 40.4 Å². The van der Waals surface area contributed by atoms with Crippen molar-refractivity contribution in [2.24, 2.45) is 5.41 Å². The summed E-state index contributed by atoms with van der Waals surface area (Å²) >= 11 is 0. The number of hydrogen-bond acceptors (Lipinski definition) is 5. The number of fused-ring (bicyclic) bond motifs is 1.